The first kappa shape index (κ1) is 16.2. The molecular weight excluding hydrogens is 364 g/mol. The molecule has 0 amide bonds. The van der Waals surface area contributed by atoms with Crippen molar-refractivity contribution < 1.29 is 0 Å². The van der Waals surface area contributed by atoms with E-state index in [0.717, 1.165) is 23.1 Å². The molecule has 4 nitrogen and oxygen atoms in total. The number of halogens is 1. The number of anilines is 1. The highest BCUT2D eigenvalue weighted by Crippen LogP contribution is 2.37. The summed E-state index contributed by atoms with van der Waals surface area (Å²) in [7, 11) is 2.25. The van der Waals surface area contributed by atoms with Gasteiger partial charge in [0, 0.05) is 16.6 Å². The topological polar surface area (TPSA) is 33.1 Å². The summed E-state index contributed by atoms with van der Waals surface area (Å²) in [6.45, 7) is 2.22. The van der Waals surface area contributed by atoms with Gasteiger partial charge in [0.25, 0.3) is 0 Å². The number of nitrogens with zero attached hydrogens (tertiary/aromatic N) is 3. The number of aromatic nitrogens is 2. The summed E-state index contributed by atoms with van der Waals surface area (Å²) in [6, 6.07) is 8.92. The van der Waals surface area contributed by atoms with Gasteiger partial charge in [-0.15, -0.1) is 0 Å². The van der Waals surface area contributed by atoms with Crippen LogP contribution < -0.4 is 5.32 Å². The molecule has 1 aromatic carbocycles. The largest absolute Gasteiger partial charge is 0.370 e. The van der Waals surface area contributed by atoms with Crippen molar-refractivity contribution in [3.63, 3.8) is 0 Å². The number of likely N-dealkylation sites (tertiary alicyclic amines) is 1. The summed E-state index contributed by atoms with van der Waals surface area (Å²) in [5.74, 6) is 1.21. The minimum absolute atomic E-state index is 0.462. The van der Waals surface area contributed by atoms with Gasteiger partial charge in [0.05, 0.1) is 17.4 Å². The molecule has 2 aromatic rings. The molecule has 1 atom stereocenters. The van der Waals surface area contributed by atoms with Crippen LogP contribution in [0.15, 0.2) is 28.7 Å². The summed E-state index contributed by atoms with van der Waals surface area (Å²) < 4.78 is 3.23. The van der Waals surface area contributed by atoms with Gasteiger partial charge >= 0.3 is 0 Å². The van der Waals surface area contributed by atoms with Crippen molar-refractivity contribution in [2.24, 2.45) is 0 Å². The van der Waals surface area contributed by atoms with Crippen molar-refractivity contribution in [3.8, 4) is 5.69 Å². The van der Waals surface area contributed by atoms with Gasteiger partial charge < -0.3 is 5.32 Å². The Labute approximate surface area is 152 Å². The Kier molecular flexibility index (Phi) is 4.63. The van der Waals surface area contributed by atoms with E-state index in [1.807, 2.05) is 0 Å². The molecule has 1 aromatic heterocycles. The minimum Gasteiger partial charge on any atom is -0.370 e. The fourth-order valence-electron chi connectivity index (χ4n) is 3.99. The number of rotatable bonds is 2. The maximum absolute atomic E-state index is 5.10. The van der Waals surface area contributed by atoms with Gasteiger partial charge in [0.15, 0.2) is 0 Å². The second kappa shape index (κ2) is 6.89. The maximum atomic E-state index is 5.10. The van der Waals surface area contributed by atoms with Crippen molar-refractivity contribution >= 4 is 21.7 Å². The summed E-state index contributed by atoms with van der Waals surface area (Å²) in [5, 5.41) is 8.76. The van der Waals surface area contributed by atoms with Gasteiger partial charge in [-0.3, -0.25) is 4.90 Å². The van der Waals surface area contributed by atoms with E-state index in [0.29, 0.717) is 6.04 Å². The quantitative estimate of drug-likeness (QED) is 0.819. The highest BCUT2D eigenvalue weighted by atomic mass is 79.9. The van der Waals surface area contributed by atoms with Gasteiger partial charge in [-0.05, 0) is 70.0 Å². The van der Waals surface area contributed by atoms with E-state index in [-0.39, 0.29) is 0 Å². The highest BCUT2D eigenvalue weighted by molar-refractivity contribution is 9.10. The van der Waals surface area contributed by atoms with E-state index < -0.39 is 0 Å². The van der Waals surface area contributed by atoms with Crippen LogP contribution in [0.25, 0.3) is 5.69 Å². The number of nitrogens with one attached hydrogen (secondary N) is 1. The molecule has 0 bridgehead atoms. The van der Waals surface area contributed by atoms with E-state index in [1.54, 1.807) is 0 Å². The lowest BCUT2D eigenvalue weighted by atomic mass is 9.96. The van der Waals surface area contributed by atoms with E-state index in [1.165, 1.54) is 55.7 Å². The lowest BCUT2D eigenvalue weighted by molar-refractivity contribution is 0.182. The Morgan fingerprint density at radius 3 is 2.75 bits per heavy atom. The van der Waals surface area contributed by atoms with Crippen LogP contribution in [0.3, 0.4) is 0 Å². The van der Waals surface area contributed by atoms with Crippen LogP contribution in [0.5, 0.6) is 0 Å². The highest BCUT2D eigenvalue weighted by Gasteiger charge is 2.29. The molecule has 128 valence electrons. The molecule has 24 heavy (non-hydrogen) atoms. The standard InChI is InChI=1S/C19H25BrN4/c1-23-13-5-3-7-17(23)18-16-6-2-4-12-21-19(16)24(22-18)15-10-8-14(20)9-11-15/h8-11,17,21H,2-7,12-13H2,1H3. The minimum atomic E-state index is 0.462. The molecule has 2 aliphatic rings. The van der Waals surface area contributed by atoms with E-state index in [4.69, 9.17) is 5.10 Å². The number of benzene rings is 1. The first-order valence-corrected chi connectivity index (χ1v) is 9.85. The molecule has 0 aliphatic carbocycles. The van der Waals surface area contributed by atoms with Gasteiger partial charge in [0.2, 0.25) is 0 Å². The monoisotopic (exact) mass is 388 g/mol. The predicted octanol–water partition coefficient (Wildman–Crippen LogP) is 4.54. The predicted molar refractivity (Wildman–Crippen MR) is 102 cm³/mol. The van der Waals surface area contributed by atoms with Crippen LogP contribution in [-0.4, -0.2) is 34.8 Å². The molecule has 0 spiro atoms. The Morgan fingerprint density at radius 1 is 1.12 bits per heavy atom. The first-order valence-electron chi connectivity index (χ1n) is 9.06. The molecule has 1 N–H and O–H groups in total. The first-order chi connectivity index (χ1) is 11.7. The van der Waals surface area contributed by atoms with Crippen LogP contribution >= 0.6 is 15.9 Å². The lowest BCUT2D eigenvalue weighted by Gasteiger charge is -2.31. The third-order valence-electron chi connectivity index (χ3n) is 5.32. The van der Waals surface area contributed by atoms with Crippen molar-refractivity contribution in [2.45, 2.75) is 44.6 Å². The maximum Gasteiger partial charge on any atom is 0.133 e. The van der Waals surface area contributed by atoms with E-state index >= 15 is 0 Å². The summed E-state index contributed by atoms with van der Waals surface area (Å²) >= 11 is 3.53. The lowest BCUT2D eigenvalue weighted by Crippen LogP contribution is -2.30. The van der Waals surface area contributed by atoms with Gasteiger partial charge in [-0.2, -0.15) is 5.10 Å². The number of fused-ring (bicyclic) bond motifs is 1. The van der Waals surface area contributed by atoms with Crippen LogP contribution in [0, 0.1) is 0 Å². The molecule has 3 heterocycles. The fraction of sp³-hybridized carbons (Fsp3) is 0.526. The van der Waals surface area contributed by atoms with Crippen molar-refractivity contribution in [1.82, 2.24) is 14.7 Å². The Morgan fingerprint density at radius 2 is 1.96 bits per heavy atom. The summed E-state index contributed by atoms with van der Waals surface area (Å²) in [4.78, 5) is 2.49. The number of hydrogen-bond donors (Lipinski definition) is 1. The number of piperidine rings is 1. The van der Waals surface area contributed by atoms with Crippen LogP contribution in [0.4, 0.5) is 5.82 Å². The Hall–Kier alpha value is -1.33. The molecule has 1 unspecified atom stereocenters. The zero-order valence-corrected chi connectivity index (χ0v) is 15.8. The van der Waals surface area contributed by atoms with Crippen LogP contribution in [0.2, 0.25) is 0 Å². The van der Waals surface area contributed by atoms with E-state index in [9.17, 15) is 0 Å². The summed E-state index contributed by atoms with van der Waals surface area (Å²) in [5.41, 5.74) is 3.87. The van der Waals surface area contributed by atoms with Crippen LogP contribution in [0.1, 0.15) is 49.4 Å². The Bertz CT molecular complexity index is 707. The van der Waals surface area contributed by atoms with Crippen molar-refractivity contribution in [1.29, 1.82) is 0 Å². The second-order valence-corrected chi connectivity index (χ2v) is 7.89. The normalized spacial score (nSPS) is 21.8. The van der Waals surface area contributed by atoms with E-state index in [2.05, 4.69) is 62.1 Å². The zero-order chi connectivity index (χ0) is 16.5. The SMILES string of the molecule is CN1CCCCC1c1nn(-c2ccc(Br)cc2)c2c1CCCCN2. The average molecular weight is 389 g/mol. The van der Waals surface area contributed by atoms with Gasteiger partial charge in [-0.1, -0.05) is 22.4 Å². The molecule has 0 saturated carbocycles. The van der Waals surface area contributed by atoms with Gasteiger partial charge in [0.1, 0.15) is 5.82 Å². The smallest absolute Gasteiger partial charge is 0.133 e. The molecule has 0 radical (unpaired) electrons. The third-order valence-corrected chi connectivity index (χ3v) is 5.85. The molecule has 4 rings (SSSR count). The average Bonchev–Trinajstić information content (AvgIpc) is 2.78. The van der Waals surface area contributed by atoms with Gasteiger partial charge in [-0.25, -0.2) is 4.68 Å². The fourth-order valence-corrected chi connectivity index (χ4v) is 4.25. The number of hydrogen-bond acceptors (Lipinski definition) is 3. The molecule has 1 fully saturated rings. The molecule has 2 aliphatic heterocycles. The Balaban J connectivity index is 1.80. The molecular formula is C19H25BrN4. The third kappa shape index (κ3) is 3.00. The van der Waals surface area contributed by atoms with Crippen molar-refractivity contribution in [2.75, 3.05) is 25.5 Å². The summed E-state index contributed by atoms with van der Waals surface area (Å²) in [6.07, 6.45) is 7.45. The zero-order valence-electron chi connectivity index (χ0n) is 14.3. The molecule has 1 saturated heterocycles. The second-order valence-electron chi connectivity index (χ2n) is 6.98. The van der Waals surface area contributed by atoms with Crippen molar-refractivity contribution in [3.05, 3.63) is 40.0 Å². The molecule has 5 heteroatoms. The van der Waals surface area contributed by atoms with Crippen LogP contribution in [-0.2, 0) is 6.42 Å².